The number of anilines is 1. The topological polar surface area (TPSA) is 15.3 Å². The van der Waals surface area contributed by atoms with E-state index < -0.39 is 0 Å². The van der Waals surface area contributed by atoms with Crippen molar-refractivity contribution in [3.63, 3.8) is 0 Å². The van der Waals surface area contributed by atoms with E-state index in [9.17, 15) is 0 Å². The Labute approximate surface area is 125 Å². The maximum Gasteiger partial charge on any atom is 0.0425 e. The van der Waals surface area contributed by atoms with Crippen LogP contribution in [0.2, 0.25) is 0 Å². The average molecular weight is 325 g/mol. The maximum absolute atomic E-state index is 3.62. The van der Waals surface area contributed by atoms with Gasteiger partial charge in [0.2, 0.25) is 0 Å². The quantitative estimate of drug-likeness (QED) is 0.857. The standard InChI is InChI=1S/C16H25BrN2/c1-3-9-18-13(2)15-8-7-14(17)12-16(15)19-10-5-4-6-11-19/h7-8,12-13,18H,3-6,9-11H2,1-2H3. The first kappa shape index (κ1) is 14.9. The predicted octanol–water partition coefficient (Wildman–Crippen LogP) is 4.50. The first-order chi connectivity index (χ1) is 9.22. The van der Waals surface area contributed by atoms with Crippen molar-refractivity contribution < 1.29 is 0 Å². The summed E-state index contributed by atoms with van der Waals surface area (Å²) in [5.74, 6) is 0. The average Bonchev–Trinajstić information content (AvgIpc) is 2.45. The molecule has 1 N–H and O–H groups in total. The van der Waals surface area contributed by atoms with Crippen molar-refractivity contribution in [2.75, 3.05) is 24.5 Å². The third-order valence-corrected chi connectivity index (χ3v) is 4.35. The summed E-state index contributed by atoms with van der Waals surface area (Å²) in [5, 5.41) is 3.61. The molecule has 1 aromatic rings. The zero-order chi connectivity index (χ0) is 13.7. The van der Waals surface area contributed by atoms with Crippen molar-refractivity contribution in [1.82, 2.24) is 5.32 Å². The first-order valence-corrected chi connectivity index (χ1v) is 8.29. The molecule has 0 saturated carbocycles. The Morgan fingerprint density at radius 1 is 1.26 bits per heavy atom. The Bertz CT molecular complexity index is 400. The predicted molar refractivity (Wildman–Crippen MR) is 86.9 cm³/mol. The third-order valence-electron chi connectivity index (χ3n) is 3.86. The molecule has 0 amide bonds. The zero-order valence-electron chi connectivity index (χ0n) is 12.1. The van der Waals surface area contributed by atoms with Gasteiger partial charge in [-0.3, -0.25) is 0 Å². The van der Waals surface area contributed by atoms with Crippen molar-refractivity contribution in [2.24, 2.45) is 0 Å². The number of halogens is 1. The minimum Gasteiger partial charge on any atom is -0.371 e. The van der Waals surface area contributed by atoms with E-state index in [0.29, 0.717) is 6.04 Å². The molecule has 1 saturated heterocycles. The Kier molecular flexibility index (Phi) is 5.71. The van der Waals surface area contributed by atoms with E-state index >= 15 is 0 Å². The van der Waals surface area contributed by atoms with Crippen LogP contribution in [0.3, 0.4) is 0 Å². The smallest absolute Gasteiger partial charge is 0.0425 e. The maximum atomic E-state index is 3.62. The first-order valence-electron chi connectivity index (χ1n) is 7.50. The second-order valence-corrected chi connectivity index (χ2v) is 6.34. The van der Waals surface area contributed by atoms with Gasteiger partial charge in [0.15, 0.2) is 0 Å². The second kappa shape index (κ2) is 7.30. The van der Waals surface area contributed by atoms with Crippen LogP contribution < -0.4 is 10.2 Å². The van der Waals surface area contributed by atoms with Crippen LogP contribution in [0.25, 0.3) is 0 Å². The van der Waals surface area contributed by atoms with E-state index in [0.717, 1.165) is 6.54 Å². The zero-order valence-corrected chi connectivity index (χ0v) is 13.7. The van der Waals surface area contributed by atoms with Crippen LogP contribution in [-0.2, 0) is 0 Å². The van der Waals surface area contributed by atoms with Crippen LogP contribution in [0, 0.1) is 0 Å². The Hall–Kier alpha value is -0.540. The number of hydrogen-bond acceptors (Lipinski definition) is 2. The molecule has 1 fully saturated rings. The van der Waals surface area contributed by atoms with Gasteiger partial charge in [-0.25, -0.2) is 0 Å². The summed E-state index contributed by atoms with van der Waals surface area (Å²) in [6, 6.07) is 7.13. The fourth-order valence-corrected chi connectivity index (χ4v) is 3.11. The molecular weight excluding hydrogens is 300 g/mol. The summed E-state index contributed by atoms with van der Waals surface area (Å²) in [5.41, 5.74) is 2.84. The lowest BCUT2D eigenvalue weighted by Gasteiger charge is -2.32. The molecule has 1 aliphatic heterocycles. The van der Waals surface area contributed by atoms with Crippen LogP contribution in [0.4, 0.5) is 5.69 Å². The minimum absolute atomic E-state index is 0.421. The number of rotatable bonds is 5. The molecule has 106 valence electrons. The highest BCUT2D eigenvalue weighted by Gasteiger charge is 2.17. The molecule has 1 unspecified atom stereocenters. The van der Waals surface area contributed by atoms with Gasteiger partial charge in [-0.1, -0.05) is 28.9 Å². The molecule has 2 rings (SSSR count). The van der Waals surface area contributed by atoms with E-state index in [2.05, 4.69) is 58.2 Å². The fraction of sp³-hybridized carbons (Fsp3) is 0.625. The van der Waals surface area contributed by atoms with E-state index in [1.807, 2.05) is 0 Å². The summed E-state index contributed by atoms with van der Waals surface area (Å²) < 4.78 is 1.18. The molecule has 0 aliphatic carbocycles. The molecule has 1 atom stereocenters. The number of piperidine rings is 1. The van der Waals surface area contributed by atoms with Gasteiger partial charge < -0.3 is 10.2 Å². The number of benzene rings is 1. The molecule has 19 heavy (non-hydrogen) atoms. The number of nitrogens with zero attached hydrogens (tertiary/aromatic N) is 1. The van der Waals surface area contributed by atoms with Crippen molar-refractivity contribution in [1.29, 1.82) is 0 Å². The van der Waals surface area contributed by atoms with Crippen LogP contribution in [-0.4, -0.2) is 19.6 Å². The van der Waals surface area contributed by atoms with Gasteiger partial charge in [-0.2, -0.15) is 0 Å². The van der Waals surface area contributed by atoms with Crippen molar-refractivity contribution in [2.45, 2.75) is 45.6 Å². The van der Waals surface area contributed by atoms with Crippen LogP contribution in [0.15, 0.2) is 22.7 Å². The monoisotopic (exact) mass is 324 g/mol. The third kappa shape index (κ3) is 3.96. The molecule has 0 bridgehead atoms. The Morgan fingerprint density at radius 3 is 2.68 bits per heavy atom. The summed E-state index contributed by atoms with van der Waals surface area (Å²) in [6.45, 7) is 7.96. The van der Waals surface area contributed by atoms with Gasteiger partial charge in [0.25, 0.3) is 0 Å². The van der Waals surface area contributed by atoms with Crippen LogP contribution in [0.5, 0.6) is 0 Å². The second-order valence-electron chi connectivity index (χ2n) is 5.43. The van der Waals surface area contributed by atoms with Crippen LogP contribution in [0.1, 0.15) is 51.1 Å². The Balaban J connectivity index is 2.21. The minimum atomic E-state index is 0.421. The van der Waals surface area contributed by atoms with Gasteiger partial charge in [0, 0.05) is 29.3 Å². The van der Waals surface area contributed by atoms with E-state index in [1.165, 1.54) is 54.5 Å². The highest BCUT2D eigenvalue weighted by Crippen LogP contribution is 2.31. The number of nitrogens with one attached hydrogen (secondary N) is 1. The van der Waals surface area contributed by atoms with Gasteiger partial charge in [0.1, 0.15) is 0 Å². The van der Waals surface area contributed by atoms with Gasteiger partial charge in [0.05, 0.1) is 0 Å². The normalized spacial score (nSPS) is 17.5. The van der Waals surface area contributed by atoms with Gasteiger partial charge >= 0.3 is 0 Å². The molecular formula is C16H25BrN2. The molecule has 0 radical (unpaired) electrons. The van der Waals surface area contributed by atoms with Gasteiger partial charge in [-0.15, -0.1) is 0 Å². The van der Waals surface area contributed by atoms with Crippen LogP contribution >= 0.6 is 15.9 Å². The fourth-order valence-electron chi connectivity index (χ4n) is 2.76. The SMILES string of the molecule is CCCNC(C)c1ccc(Br)cc1N1CCCCC1. The summed E-state index contributed by atoms with van der Waals surface area (Å²) in [4.78, 5) is 2.55. The molecule has 2 nitrogen and oxygen atoms in total. The van der Waals surface area contributed by atoms with E-state index in [1.54, 1.807) is 0 Å². The lowest BCUT2D eigenvalue weighted by Crippen LogP contribution is -2.31. The molecule has 0 spiro atoms. The molecule has 1 aromatic carbocycles. The molecule has 1 heterocycles. The lowest BCUT2D eigenvalue weighted by atomic mass is 10.0. The van der Waals surface area contributed by atoms with E-state index in [4.69, 9.17) is 0 Å². The highest BCUT2D eigenvalue weighted by atomic mass is 79.9. The molecule has 1 aliphatic rings. The Morgan fingerprint density at radius 2 is 2.00 bits per heavy atom. The van der Waals surface area contributed by atoms with Crippen molar-refractivity contribution in [3.05, 3.63) is 28.2 Å². The number of hydrogen-bond donors (Lipinski definition) is 1. The highest BCUT2D eigenvalue weighted by molar-refractivity contribution is 9.10. The molecule has 0 aromatic heterocycles. The summed E-state index contributed by atoms with van der Waals surface area (Å²) in [6.07, 6.45) is 5.20. The van der Waals surface area contributed by atoms with Gasteiger partial charge in [-0.05, 0) is 56.8 Å². The summed E-state index contributed by atoms with van der Waals surface area (Å²) >= 11 is 3.62. The van der Waals surface area contributed by atoms with E-state index in [-0.39, 0.29) is 0 Å². The van der Waals surface area contributed by atoms with Crippen molar-refractivity contribution in [3.8, 4) is 0 Å². The van der Waals surface area contributed by atoms with Crippen molar-refractivity contribution >= 4 is 21.6 Å². The molecule has 3 heteroatoms. The summed E-state index contributed by atoms with van der Waals surface area (Å²) in [7, 11) is 0. The largest absolute Gasteiger partial charge is 0.371 e. The lowest BCUT2D eigenvalue weighted by molar-refractivity contribution is 0.553.